The van der Waals surface area contributed by atoms with Crippen molar-refractivity contribution in [3.8, 4) is 5.75 Å². The summed E-state index contributed by atoms with van der Waals surface area (Å²) in [6.07, 6.45) is 1.83. The zero-order valence-corrected chi connectivity index (χ0v) is 14.0. The second kappa shape index (κ2) is 7.61. The number of esters is 2. The van der Waals surface area contributed by atoms with E-state index in [0.717, 1.165) is 0 Å². The molecule has 0 aromatic heterocycles. The lowest BCUT2D eigenvalue weighted by atomic mass is 9.96. The van der Waals surface area contributed by atoms with E-state index in [9.17, 15) is 9.59 Å². The normalized spacial score (nSPS) is 17.0. The molecule has 0 radical (unpaired) electrons. The highest BCUT2D eigenvalue weighted by Crippen LogP contribution is 2.27. The van der Waals surface area contributed by atoms with E-state index in [1.807, 2.05) is 6.92 Å². The molecule has 1 unspecified atom stereocenters. The summed E-state index contributed by atoms with van der Waals surface area (Å²) in [5.74, 6) is -0.705. The maximum atomic E-state index is 11.9. The van der Waals surface area contributed by atoms with Crippen molar-refractivity contribution >= 4 is 23.3 Å². The number of anilines is 2. The van der Waals surface area contributed by atoms with E-state index in [4.69, 9.17) is 32.4 Å². The Bertz CT molecular complexity index is 755. The fourth-order valence-electron chi connectivity index (χ4n) is 2.43. The third-order valence-electron chi connectivity index (χ3n) is 3.63. The van der Waals surface area contributed by atoms with Crippen molar-refractivity contribution in [2.75, 3.05) is 11.5 Å². The molecule has 0 amide bonds. The second-order valence-corrected chi connectivity index (χ2v) is 5.89. The summed E-state index contributed by atoms with van der Waals surface area (Å²) >= 11 is 0. The van der Waals surface area contributed by atoms with E-state index in [2.05, 4.69) is 0 Å². The molecule has 2 rings (SSSR count). The number of nitrogen functional groups attached to an aromatic ring is 2. The Kier molecular flexibility index (Phi) is 5.53. The quantitative estimate of drug-likeness (QED) is 0.351. The summed E-state index contributed by atoms with van der Waals surface area (Å²) in [5.41, 5.74) is 24.5. The summed E-state index contributed by atoms with van der Waals surface area (Å²) in [5, 5.41) is 0. The molecule has 1 aromatic rings. The molecule has 0 saturated carbocycles. The lowest BCUT2D eigenvalue weighted by molar-refractivity contribution is -0.144. The van der Waals surface area contributed by atoms with Gasteiger partial charge >= 0.3 is 11.9 Å². The first-order valence-corrected chi connectivity index (χ1v) is 7.78. The molecule has 8 N–H and O–H groups in total. The molecule has 25 heavy (non-hydrogen) atoms. The molecular formula is C17H22N4O4. The van der Waals surface area contributed by atoms with Crippen LogP contribution in [0.15, 0.2) is 41.4 Å². The third-order valence-corrected chi connectivity index (χ3v) is 3.63. The highest BCUT2D eigenvalue weighted by Gasteiger charge is 2.22. The zero-order chi connectivity index (χ0) is 18.6. The fourth-order valence-corrected chi connectivity index (χ4v) is 2.43. The summed E-state index contributed by atoms with van der Waals surface area (Å²) < 4.78 is 10.4. The van der Waals surface area contributed by atoms with Gasteiger partial charge in [0, 0.05) is 17.3 Å². The van der Waals surface area contributed by atoms with Gasteiger partial charge in [0.15, 0.2) is 5.75 Å². The number of nitrogens with two attached hydrogens (primary N) is 4. The number of rotatable bonds is 5. The van der Waals surface area contributed by atoms with Gasteiger partial charge < -0.3 is 32.4 Å². The Hall–Kier alpha value is -3.16. The second-order valence-electron chi connectivity index (χ2n) is 5.89. The Morgan fingerprint density at radius 2 is 1.72 bits per heavy atom. The molecule has 0 heterocycles. The maximum Gasteiger partial charge on any atom is 0.311 e. The molecule has 1 aromatic carbocycles. The van der Waals surface area contributed by atoms with Gasteiger partial charge in [0.2, 0.25) is 0 Å². The van der Waals surface area contributed by atoms with Gasteiger partial charge in [-0.15, -0.1) is 0 Å². The van der Waals surface area contributed by atoms with Crippen LogP contribution in [0.4, 0.5) is 11.4 Å². The molecule has 0 bridgehead atoms. The number of allylic oxidation sites excluding steroid dienone is 3. The van der Waals surface area contributed by atoms with E-state index in [1.165, 1.54) is 12.1 Å². The summed E-state index contributed by atoms with van der Waals surface area (Å²) in [7, 11) is 0. The van der Waals surface area contributed by atoms with Gasteiger partial charge in [-0.2, -0.15) is 0 Å². The predicted molar refractivity (Wildman–Crippen MR) is 93.5 cm³/mol. The number of ether oxygens (including phenoxy) is 2. The third kappa shape index (κ3) is 4.90. The summed E-state index contributed by atoms with van der Waals surface area (Å²) in [6, 6.07) is 4.54. The van der Waals surface area contributed by atoms with E-state index in [1.54, 1.807) is 12.1 Å². The Morgan fingerprint density at radius 3 is 2.32 bits per heavy atom. The maximum absolute atomic E-state index is 11.9. The zero-order valence-electron chi connectivity index (χ0n) is 14.0. The summed E-state index contributed by atoms with van der Waals surface area (Å²) in [6.45, 7) is 1.85. The first-order valence-electron chi connectivity index (χ1n) is 7.78. The van der Waals surface area contributed by atoms with Crippen LogP contribution < -0.4 is 27.7 Å². The standard InChI is InChI=1S/C17H22N4O4/c1-9-6-11(19)8-13(21)17(9)25-16(23)5-4-15(22)24-14-3-2-10(18)7-12(14)20/h2-3,7-9H,4-6,18-21H2,1H3. The Morgan fingerprint density at radius 1 is 1.08 bits per heavy atom. The number of carbonyl (C=O) groups excluding carboxylic acids is 2. The smallest absolute Gasteiger partial charge is 0.311 e. The van der Waals surface area contributed by atoms with Gasteiger partial charge in [0.1, 0.15) is 5.76 Å². The van der Waals surface area contributed by atoms with Crippen LogP contribution in [-0.2, 0) is 14.3 Å². The van der Waals surface area contributed by atoms with Crippen molar-refractivity contribution in [1.82, 2.24) is 0 Å². The van der Waals surface area contributed by atoms with Crippen molar-refractivity contribution in [2.45, 2.75) is 26.2 Å². The van der Waals surface area contributed by atoms with Gasteiger partial charge in [-0.25, -0.2) is 0 Å². The molecule has 8 nitrogen and oxygen atoms in total. The minimum Gasteiger partial charge on any atom is -0.429 e. The van der Waals surface area contributed by atoms with Crippen molar-refractivity contribution in [3.05, 3.63) is 41.4 Å². The van der Waals surface area contributed by atoms with Crippen LogP contribution in [0.25, 0.3) is 0 Å². The Labute approximate surface area is 145 Å². The highest BCUT2D eigenvalue weighted by molar-refractivity contribution is 5.80. The van der Waals surface area contributed by atoms with Crippen molar-refractivity contribution in [1.29, 1.82) is 0 Å². The molecule has 0 spiro atoms. The van der Waals surface area contributed by atoms with Crippen LogP contribution in [0.2, 0.25) is 0 Å². The van der Waals surface area contributed by atoms with Gasteiger partial charge in [-0.1, -0.05) is 6.92 Å². The first kappa shape index (κ1) is 18.2. The SMILES string of the molecule is CC1CC(N)=CC(N)=C1OC(=O)CCC(=O)Oc1ccc(N)cc1N. The summed E-state index contributed by atoms with van der Waals surface area (Å²) in [4.78, 5) is 23.8. The minimum atomic E-state index is -0.601. The largest absolute Gasteiger partial charge is 0.429 e. The predicted octanol–water partition coefficient (Wildman–Crippen LogP) is 1.13. The number of carbonyl (C=O) groups is 2. The average Bonchev–Trinajstić information content (AvgIpc) is 2.51. The van der Waals surface area contributed by atoms with E-state index < -0.39 is 11.9 Å². The van der Waals surface area contributed by atoms with Crippen LogP contribution in [0.1, 0.15) is 26.2 Å². The van der Waals surface area contributed by atoms with Gasteiger partial charge in [-0.05, 0) is 30.7 Å². The fraction of sp³-hybridized carbons (Fsp3) is 0.294. The number of hydrogen-bond acceptors (Lipinski definition) is 8. The van der Waals surface area contributed by atoms with Crippen molar-refractivity contribution < 1.29 is 19.1 Å². The number of benzene rings is 1. The highest BCUT2D eigenvalue weighted by atomic mass is 16.5. The van der Waals surface area contributed by atoms with Crippen LogP contribution in [0, 0.1) is 5.92 Å². The van der Waals surface area contributed by atoms with Crippen LogP contribution in [0.3, 0.4) is 0 Å². The van der Waals surface area contributed by atoms with Crippen molar-refractivity contribution in [3.63, 3.8) is 0 Å². The van der Waals surface area contributed by atoms with Crippen LogP contribution in [-0.4, -0.2) is 11.9 Å². The molecule has 1 aliphatic rings. The molecule has 0 aliphatic heterocycles. The van der Waals surface area contributed by atoms with Crippen LogP contribution >= 0.6 is 0 Å². The first-order chi connectivity index (χ1) is 11.8. The Balaban J connectivity index is 1.87. The van der Waals surface area contributed by atoms with Crippen LogP contribution in [0.5, 0.6) is 5.75 Å². The van der Waals surface area contributed by atoms with E-state index in [0.29, 0.717) is 29.3 Å². The molecule has 0 fully saturated rings. The van der Waals surface area contributed by atoms with E-state index >= 15 is 0 Å². The van der Waals surface area contributed by atoms with Crippen molar-refractivity contribution in [2.24, 2.45) is 17.4 Å². The molecule has 1 atom stereocenters. The topological polar surface area (TPSA) is 157 Å². The lowest BCUT2D eigenvalue weighted by Gasteiger charge is -2.21. The average molecular weight is 346 g/mol. The van der Waals surface area contributed by atoms with E-state index in [-0.39, 0.29) is 30.2 Å². The number of hydrogen-bond donors (Lipinski definition) is 4. The minimum absolute atomic E-state index is 0.101. The molecule has 1 aliphatic carbocycles. The molecule has 0 saturated heterocycles. The lowest BCUT2D eigenvalue weighted by Crippen LogP contribution is -2.21. The molecular weight excluding hydrogens is 324 g/mol. The monoisotopic (exact) mass is 346 g/mol. The molecule has 134 valence electrons. The molecule has 8 heteroatoms. The van der Waals surface area contributed by atoms with Gasteiger partial charge in [0.05, 0.1) is 24.2 Å². The van der Waals surface area contributed by atoms with Gasteiger partial charge in [-0.3, -0.25) is 9.59 Å². The van der Waals surface area contributed by atoms with Gasteiger partial charge in [0.25, 0.3) is 0 Å².